The Balaban J connectivity index is 2.43. The molecular formula is C11H13FN2O3. The molecule has 0 aliphatic rings. The van der Waals surface area contributed by atoms with E-state index in [9.17, 15) is 14.0 Å². The van der Waals surface area contributed by atoms with Gasteiger partial charge in [-0.15, -0.1) is 0 Å². The molecule has 0 aromatic heterocycles. The average Bonchev–Trinajstić information content (AvgIpc) is 2.32. The Morgan fingerprint density at radius 3 is 2.47 bits per heavy atom. The molecule has 0 bridgehead atoms. The van der Waals surface area contributed by atoms with Gasteiger partial charge in [0.25, 0.3) is 0 Å². The Bertz CT molecular complexity index is 392. The van der Waals surface area contributed by atoms with Crippen LogP contribution in [0.4, 0.5) is 10.1 Å². The van der Waals surface area contributed by atoms with Crippen molar-refractivity contribution in [2.24, 2.45) is 0 Å². The van der Waals surface area contributed by atoms with Gasteiger partial charge in [-0.3, -0.25) is 9.59 Å². The van der Waals surface area contributed by atoms with Gasteiger partial charge in [-0.05, 0) is 24.3 Å². The lowest BCUT2D eigenvalue weighted by Gasteiger charge is -2.05. The van der Waals surface area contributed by atoms with Gasteiger partial charge in [-0.2, -0.15) is 0 Å². The molecule has 0 saturated carbocycles. The number of hydrogen-bond donors (Lipinski definition) is 2. The zero-order valence-electron chi connectivity index (χ0n) is 9.33. The highest BCUT2D eigenvalue weighted by Gasteiger charge is 2.12. The summed E-state index contributed by atoms with van der Waals surface area (Å²) in [5.41, 5.74) is 0.360. The van der Waals surface area contributed by atoms with Gasteiger partial charge < -0.3 is 15.4 Å². The number of halogens is 1. The molecule has 1 rings (SSSR count). The second kappa shape index (κ2) is 6.59. The van der Waals surface area contributed by atoms with Crippen LogP contribution in [0.3, 0.4) is 0 Å². The number of ether oxygens (including phenoxy) is 1. The Labute approximate surface area is 98.0 Å². The van der Waals surface area contributed by atoms with Crippen molar-refractivity contribution >= 4 is 17.5 Å². The Morgan fingerprint density at radius 1 is 1.24 bits per heavy atom. The summed E-state index contributed by atoms with van der Waals surface area (Å²) in [5, 5.41) is 4.70. The summed E-state index contributed by atoms with van der Waals surface area (Å²) in [5.74, 6) is -1.97. The number of nitrogens with one attached hydrogen (secondary N) is 2. The summed E-state index contributed by atoms with van der Waals surface area (Å²) in [6.07, 6.45) is 0. The number of carbonyl (C=O) groups is 2. The predicted octanol–water partition coefficient (Wildman–Crippen LogP) is 0.527. The van der Waals surface area contributed by atoms with Gasteiger partial charge in [0.15, 0.2) is 0 Å². The van der Waals surface area contributed by atoms with Gasteiger partial charge in [0.05, 0.1) is 6.61 Å². The van der Waals surface area contributed by atoms with Gasteiger partial charge in [0.2, 0.25) is 0 Å². The SMILES string of the molecule is COCCNC(=O)C(=O)Nc1ccc(F)cc1. The molecule has 92 valence electrons. The van der Waals surface area contributed by atoms with Crippen LogP contribution in [-0.2, 0) is 14.3 Å². The minimum atomic E-state index is -0.798. The fourth-order valence-corrected chi connectivity index (χ4v) is 1.07. The summed E-state index contributed by atoms with van der Waals surface area (Å²) >= 11 is 0. The molecule has 0 fully saturated rings. The van der Waals surface area contributed by atoms with E-state index in [1.54, 1.807) is 0 Å². The first-order valence-electron chi connectivity index (χ1n) is 4.97. The summed E-state index contributed by atoms with van der Waals surface area (Å²) in [7, 11) is 1.49. The molecule has 2 N–H and O–H groups in total. The Hall–Kier alpha value is -1.95. The van der Waals surface area contributed by atoms with E-state index >= 15 is 0 Å². The maximum atomic E-state index is 12.6. The lowest BCUT2D eigenvalue weighted by atomic mass is 10.3. The molecule has 0 unspecified atom stereocenters. The summed E-state index contributed by atoms with van der Waals surface area (Å²) < 4.78 is 17.3. The molecule has 0 spiro atoms. The topological polar surface area (TPSA) is 67.4 Å². The van der Waals surface area contributed by atoms with Crippen molar-refractivity contribution in [2.45, 2.75) is 0 Å². The third kappa shape index (κ3) is 4.60. The summed E-state index contributed by atoms with van der Waals surface area (Å²) in [4.78, 5) is 22.6. The zero-order valence-corrected chi connectivity index (χ0v) is 9.33. The van der Waals surface area contributed by atoms with Crippen molar-refractivity contribution < 1.29 is 18.7 Å². The van der Waals surface area contributed by atoms with Gasteiger partial charge in [0.1, 0.15) is 5.82 Å². The molecule has 5 nitrogen and oxygen atoms in total. The van der Waals surface area contributed by atoms with Crippen LogP contribution in [-0.4, -0.2) is 32.1 Å². The molecule has 0 aliphatic carbocycles. The first-order valence-corrected chi connectivity index (χ1v) is 4.97. The van der Waals surface area contributed by atoms with Crippen LogP contribution in [0.25, 0.3) is 0 Å². The molecule has 0 heterocycles. The molecule has 6 heteroatoms. The number of hydrogen-bond acceptors (Lipinski definition) is 3. The van der Waals surface area contributed by atoms with Crippen molar-refractivity contribution in [3.63, 3.8) is 0 Å². The standard InChI is InChI=1S/C11H13FN2O3/c1-17-7-6-13-10(15)11(16)14-9-4-2-8(12)3-5-9/h2-5H,6-7H2,1H3,(H,13,15)(H,14,16). The molecule has 0 aliphatic heterocycles. The first kappa shape index (κ1) is 13.1. The number of amides is 2. The van der Waals surface area contributed by atoms with Gasteiger partial charge >= 0.3 is 11.8 Å². The van der Waals surface area contributed by atoms with Crippen molar-refractivity contribution in [1.82, 2.24) is 5.32 Å². The largest absolute Gasteiger partial charge is 0.383 e. The normalized spacial score (nSPS) is 9.76. The minimum Gasteiger partial charge on any atom is -0.383 e. The predicted molar refractivity (Wildman–Crippen MR) is 59.9 cm³/mol. The Morgan fingerprint density at radius 2 is 1.88 bits per heavy atom. The molecule has 1 aromatic rings. The van der Waals surface area contributed by atoms with Crippen LogP contribution in [0, 0.1) is 5.82 Å². The highest BCUT2D eigenvalue weighted by atomic mass is 19.1. The van der Waals surface area contributed by atoms with E-state index in [-0.39, 0.29) is 6.54 Å². The van der Waals surface area contributed by atoms with Crippen LogP contribution < -0.4 is 10.6 Å². The zero-order chi connectivity index (χ0) is 12.7. The number of anilines is 1. The number of benzene rings is 1. The number of methoxy groups -OCH3 is 1. The second-order valence-corrected chi connectivity index (χ2v) is 3.21. The van der Waals surface area contributed by atoms with E-state index in [0.717, 1.165) is 0 Å². The van der Waals surface area contributed by atoms with E-state index in [0.29, 0.717) is 12.3 Å². The van der Waals surface area contributed by atoms with Crippen molar-refractivity contribution in [3.05, 3.63) is 30.1 Å². The maximum absolute atomic E-state index is 12.6. The van der Waals surface area contributed by atoms with Crippen LogP contribution in [0.15, 0.2) is 24.3 Å². The molecule has 17 heavy (non-hydrogen) atoms. The summed E-state index contributed by atoms with van der Waals surface area (Å²) in [6.45, 7) is 0.585. The van der Waals surface area contributed by atoms with Crippen LogP contribution >= 0.6 is 0 Å². The highest BCUT2D eigenvalue weighted by Crippen LogP contribution is 2.07. The lowest BCUT2D eigenvalue weighted by molar-refractivity contribution is -0.136. The van der Waals surface area contributed by atoms with Gasteiger partial charge in [0, 0.05) is 19.3 Å². The van der Waals surface area contributed by atoms with Crippen molar-refractivity contribution in [2.75, 3.05) is 25.6 Å². The molecule has 0 saturated heterocycles. The van der Waals surface area contributed by atoms with Crippen molar-refractivity contribution in [1.29, 1.82) is 0 Å². The highest BCUT2D eigenvalue weighted by molar-refractivity contribution is 6.39. The smallest absolute Gasteiger partial charge is 0.313 e. The summed E-state index contributed by atoms with van der Waals surface area (Å²) in [6, 6.07) is 5.13. The Kier molecular flexibility index (Phi) is 5.09. The molecular weight excluding hydrogens is 227 g/mol. The maximum Gasteiger partial charge on any atom is 0.313 e. The van der Waals surface area contributed by atoms with Gasteiger partial charge in [-0.1, -0.05) is 0 Å². The molecule has 1 aromatic carbocycles. The van der Waals surface area contributed by atoms with E-state index in [1.165, 1.54) is 31.4 Å². The average molecular weight is 240 g/mol. The number of rotatable bonds is 4. The molecule has 2 amide bonds. The van der Waals surface area contributed by atoms with Crippen LogP contribution in [0.1, 0.15) is 0 Å². The number of carbonyl (C=O) groups excluding carboxylic acids is 2. The van der Waals surface area contributed by atoms with E-state index in [2.05, 4.69) is 10.6 Å². The van der Waals surface area contributed by atoms with E-state index < -0.39 is 17.6 Å². The molecule has 0 atom stereocenters. The third-order valence-electron chi connectivity index (χ3n) is 1.90. The minimum absolute atomic E-state index is 0.256. The fraction of sp³-hybridized carbons (Fsp3) is 0.273. The quantitative estimate of drug-likeness (QED) is 0.595. The lowest BCUT2D eigenvalue weighted by Crippen LogP contribution is -2.37. The van der Waals surface area contributed by atoms with E-state index in [1.807, 2.05) is 0 Å². The van der Waals surface area contributed by atoms with Crippen LogP contribution in [0.2, 0.25) is 0 Å². The van der Waals surface area contributed by atoms with Crippen LogP contribution in [0.5, 0.6) is 0 Å². The first-order chi connectivity index (χ1) is 8.13. The third-order valence-corrected chi connectivity index (χ3v) is 1.90. The van der Waals surface area contributed by atoms with Gasteiger partial charge in [-0.25, -0.2) is 4.39 Å². The van der Waals surface area contributed by atoms with Crippen molar-refractivity contribution in [3.8, 4) is 0 Å². The second-order valence-electron chi connectivity index (χ2n) is 3.21. The monoisotopic (exact) mass is 240 g/mol. The van der Waals surface area contributed by atoms with E-state index in [4.69, 9.17) is 4.74 Å². The molecule has 0 radical (unpaired) electrons. The fourth-order valence-electron chi connectivity index (χ4n) is 1.07.